The second-order valence-corrected chi connectivity index (χ2v) is 7.64. The van der Waals surface area contributed by atoms with Crippen LogP contribution in [0.25, 0.3) is 0 Å². The minimum atomic E-state index is -0.0869. The fraction of sp³-hybridized carbons (Fsp3) is 0.556. The second-order valence-electron chi connectivity index (χ2n) is 6.61. The molecule has 2 N–H and O–H groups in total. The van der Waals surface area contributed by atoms with Gasteiger partial charge < -0.3 is 5.32 Å². The van der Waals surface area contributed by atoms with E-state index in [1.807, 2.05) is 13.8 Å². The predicted molar refractivity (Wildman–Crippen MR) is 97.4 cm³/mol. The number of H-pyrrole nitrogens is 1. The van der Waals surface area contributed by atoms with Crippen LogP contribution < -0.4 is 5.32 Å². The Bertz CT molecular complexity index is 652. The van der Waals surface area contributed by atoms with Crippen molar-refractivity contribution in [3.05, 3.63) is 39.8 Å². The fourth-order valence-electron chi connectivity index (χ4n) is 3.33. The highest BCUT2D eigenvalue weighted by atomic mass is 32.1. The smallest absolute Gasteiger partial charge is 0.237 e. The van der Waals surface area contributed by atoms with E-state index >= 15 is 0 Å². The van der Waals surface area contributed by atoms with Crippen molar-refractivity contribution in [1.29, 1.82) is 0 Å². The van der Waals surface area contributed by atoms with E-state index in [1.165, 1.54) is 4.88 Å². The summed E-state index contributed by atoms with van der Waals surface area (Å²) >= 11 is 1.74. The summed E-state index contributed by atoms with van der Waals surface area (Å²) in [5.74, 6) is 0.551. The van der Waals surface area contributed by atoms with Crippen LogP contribution >= 0.6 is 11.3 Å². The molecule has 1 fully saturated rings. The number of nitrogens with zero attached hydrogens (tertiary/aromatic N) is 2. The Morgan fingerprint density at radius 3 is 3.17 bits per heavy atom. The SMILES string of the molecule is Cc1cc([C@H]2CCCN([C@@H](C)C(=O)NCCc3cccs3)C2)n[nH]1. The third kappa shape index (κ3) is 4.24. The fourth-order valence-corrected chi connectivity index (χ4v) is 4.03. The van der Waals surface area contributed by atoms with E-state index in [0.29, 0.717) is 12.5 Å². The van der Waals surface area contributed by atoms with Gasteiger partial charge in [-0.2, -0.15) is 5.10 Å². The lowest BCUT2D eigenvalue weighted by Gasteiger charge is -2.35. The molecule has 0 aromatic carbocycles. The van der Waals surface area contributed by atoms with Crippen molar-refractivity contribution < 1.29 is 4.79 Å². The highest BCUT2D eigenvalue weighted by molar-refractivity contribution is 7.09. The molecule has 3 rings (SSSR count). The summed E-state index contributed by atoms with van der Waals surface area (Å²) in [5.41, 5.74) is 2.23. The first-order valence-corrected chi connectivity index (χ1v) is 9.57. The van der Waals surface area contributed by atoms with Crippen molar-refractivity contribution in [3.63, 3.8) is 0 Å². The molecule has 1 amide bonds. The van der Waals surface area contributed by atoms with Gasteiger partial charge in [-0.15, -0.1) is 11.3 Å². The summed E-state index contributed by atoms with van der Waals surface area (Å²) < 4.78 is 0. The molecule has 0 radical (unpaired) electrons. The minimum Gasteiger partial charge on any atom is -0.354 e. The summed E-state index contributed by atoms with van der Waals surface area (Å²) in [4.78, 5) is 16.1. The molecule has 130 valence electrons. The van der Waals surface area contributed by atoms with Gasteiger partial charge in [0.25, 0.3) is 0 Å². The number of piperidine rings is 1. The number of thiophene rings is 1. The maximum absolute atomic E-state index is 12.4. The molecule has 6 heteroatoms. The summed E-state index contributed by atoms with van der Waals surface area (Å²) in [6, 6.07) is 6.20. The molecule has 3 heterocycles. The van der Waals surface area contributed by atoms with Gasteiger partial charge in [0.15, 0.2) is 0 Å². The average molecular weight is 347 g/mol. The van der Waals surface area contributed by atoms with E-state index in [0.717, 1.165) is 43.7 Å². The Labute approximate surface area is 147 Å². The highest BCUT2D eigenvalue weighted by Crippen LogP contribution is 2.27. The Hall–Kier alpha value is -1.66. The van der Waals surface area contributed by atoms with Gasteiger partial charge in [0.05, 0.1) is 11.7 Å². The lowest BCUT2D eigenvalue weighted by atomic mass is 9.93. The molecule has 0 saturated carbocycles. The largest absolute Gasteiger partial charge is 0.354 e. The maximum atomic E-state index is 12.4. The van der Waals surface area contributed by atoms with Crippen molar-refractivity contribution in [2.45, 2.75) is 45.1 Å². The van der Waals surface area contributed by atoms with Crippen LogP contribution in [0.3, 0.4) is 0 Å². The van der Waals surface area contributed by atoms with Crippen LogP contribution in [0.15, 0.2) is 23.6 Å². The maximum Gasteiger partial charge on any atom is 0.237 e. The van der Waals surface area contributed by atoms with E-state index in [4.69, 9.17) is 0 Å². The molecule has 1 saturated heterocycles. The molecule has 2 aromatic heterocycles. The van der Waals surface area contributed by atoms with E-state index in [9.17, 15) is 4.79 Å². The molecule has 0 bridgehead atoms. The monoisotopic (exact) mass is 346 g/mol. The molecule has 0 aliphatic carbocycles. The molecule has 2 atom stereocenters. The Morgan fingerprint density at radius 1 is 1.58 bits per heavy atom. The summed E-state index contributed by atoms with van der Waals surface area (Å²) in [7, 11) is 0. The number of hydrogen-bond acceptors (Lipinski definition) is 4. The van der Waals surface area contributed by atoms with Gasteiger partial charge >= 0.3 is 0 Å². The lowest BCUT2D eigenvalue weighted by Crippen LogP contribution is -2.49. The van der Waals surface area contributed by atoms with E-state index in [2.05, 4.69) is 44.0 Å². The van der Waals surface area contributed by atoms with Crippen molar-refractivity contribution in [2.24, 2.45) is 0 Å². The normalized spacial score (nSPS) is 20.0. The van der Waals surface area contributed by atoms with Crippen molar-refractivity contribution in [2.75, 3.05) is 19.6 Å². The summed E-state index contributed by atoms with van der Waals surface area (Å²) in [6.45, 7) is 6.64. The molecule has 1 aliphatic rings. The van der Waals surface area contributed by atoms with E-state index in [-0.39, 0.29) is 11.9 Å². The third-order valence-corrected chi connectivity index (χ3v) is 5.71. The molecule has 0 unspecified atom stereocenters. The first-order chi connectivity index (χ1) is 11.6. The zero-order valence-corrected chi connectivity index (χ0v) is 15.2. The van der Waals surface area contributed by atoms with E-state index < -0.39 is 0 Å². The number of aromatic nitrogens is 2. The van der Waals surface area contributed by atoms with E-state index in [1.54, 1.807) is 11.3 Å². The van der Waals surface area contributed by atoms with Crippen LogP contribution in [0.2, 0.25) is 0 Å². The number of amides is 1. The molecule has 5 nitrogen and oxygen atoms in total. The number of hydrogen-bond donors (Lipinski definition) is 2. The minimum absolute atomic E-state index is 0.0869. The number of carbonyl (C=O) groups excluding carboxylic acids is 1. The Balaban J connectivity index is 1.49. The number of carbonyl (C=O) groups is 1. The summed E-state index contributed by atoms with van der Waals surface area (Å²) in [5, 5.41) is 12.6. The average Bonchev–Trinajstić information content (AvgIpc) is 3.26. The molecule has 24 heavy (non-hydrogen) atoms. The van der Waals surface area contributed by atoms with Gasteiger partial charge in [0.2, 0.25) is 5.91 Å². The molecule has 2 aromatic rings. The zero-order valence-electron chi connectivity index (χ0n) is 14.4. The van der Waals surface area contributed by atoms with Crippen LogP contribution in [-0.2, 0) is 11.2 Å². The lowest BCUT2D eigenvalue weighted by molar-refractivity contribution is -0.126. The van der Waals surface area contributed by atoms with Crippen LogP contribution in [0.5, 0.6) is 0 Å². The Kier molecular flexibility index (Phi) is 5.68. The van der Waals surface area contributed by atoms with Crippen LogP contribution in [-0.4, -0.2) is 46.7 Å². The van der Waals surface area contributed by atoms with Crippen molar-refractivity contribution >= 4 is 17.2 Å². The van der Waals surface area contributed by atoms with Crippen LogP contribution in [0.4, 0.5) is 0 Å². The molecular weight excluding hydrogens is 320 g/mol. The van der Waals surface area contributed by atoms with Gasteiger partial charge in [-0.25, -0.2) is 0 Å². The summed E-state index contributed by atoms with van der Waals surface area (Å²) in [6.07, 6.45) is 3.17. The van der Waals surface area contributed by atoms with Gasteiger partial charge in [-0.05, 0) is 57.2 Å². The standard InChI is InChI=1S/C18H26N4OS/c1-13-11-17(21-20-13)15-5-3-9-22(12-15)14(2)18(23)19-8-7-16-6-4-10-24-16/h4,6,10-11,14-15H,3,5,7-9,12H2,1-2H3,(H,19,23)(H,20,21)/t14-,15-/m0/s1. The quantitative estimate of drug-likeness (QED) is 0.845. The Morgan fingerprint density at radius 2 is 2.46 bits per heavy atom. The third-order valence-electron chi connectivity index (χ3n) is 4.77. The molecule has 1 aliphatic heterocycles. The van der Waals surface area contributed by atoms with Gasteiger partial charge in [-0.1, -0.05) is 6.07 Å². The van der Waals surface area contributed by atoms with Crippen molar-refractivity contribution in [1.82, 2.24) is 20.4 Å². The number of aromatic amines is 1. The number of aryl methyl sites for hydroxylation is 1. The molecular formula is C18H26N4OS. The molecule has 0 spiro atoms. The topological polar surface area (TPSA) is 61.0 Å². The van der Waals surface area contributed by atoms with Gasteiger partial charge in [0.1, 0.15) is 0 Å². The van der Waals surface area contributed by atoms with Gasteiger partial charge in [0, 0.05) is 29.6 Å². The number of rotatable bonds is 6. The number of likely N-dealkylation sites (tertiary alicyclic amines) is 1. The number of nitrogens with one attached hydrogen (secondary N) is 2. The second kappa shape index (κ2) is 7.94. The predicted octanol–water partition coefficient (Wildman–Crippen LogP) is 2.71. The van der Waals surface area contributed by atoms with Crippen LogP contribution in [0.1, 0.15) is 41.9 Å². The van der Waals surface area contributed by atoms with Crippen LogP contribution in [0, 0.1) is 6.92 Å². The first-order valence-electron chi connectivity index (χ1n) is 8.69. The zero-order chi connectivity index (χ0) is 16.9. The van der Waals surface area contributed by atoms with Crippen molar-refractivity contribution in [3.8, 4) is 0 Å². The first kappa shape index (κ1) is 17.2. The highest BCUT2D eigenvalue weighted by Gasteiger charge is 2.28. The van der Waals surface area contributed by atoms with Gasteiger partial charge in [-0.3, -0.25) is 14.8 Å².